The fourth-order valence-electron chi connectivity index (χ4n) is 1.06. The summed E-state index contributed by atoms with van der Waals surface area (Å²) in [6.07, 6.45) is 0. The van der Waals surface area contributed by atoms with Crippen LogP contribution in [0.4, 0.5) is 10.1 Å². The van der Waals surface area contributed by atoms with Gasteiger partial charge in [0.2, 0.25) is 5.91 Å². The standard InChI is InChI=1S/C11H14BrFN2O/c1-6-4-7(12)8(13)5-9(6)15-10(16)11(2,3)14/h4-5H,14H2,1-3H3,(H,15,16). The molecular formula is C11H14BrFN2O. The molecule has 0 aliphatic carbocycles. The van der Waals surface area contributed by atoms with Crippen molar-refractivity contribution in [2.45, 2.75) is 26.3 Å². The van der Waals surface area contributed by atoms with Crippen molar-refractivity contribution in [3.8, 4) is 0 Å². The summed E-state index contributed by atoms with van der Waals surface area (Å²) >= 11 is 3.07. The number of nitrogens with two attached hydrogens (primary N) is 1. The normalized spacial score (nSPS) is 11.4. The van der Waals surface area contributed by atoms with E-state index in [0.29, 0.717) is 10.2 Å². The number of carbonyl (C=O) groups excluding carboxylic acids is 1. The molecule has 88 valence electrons. The lowest BCUT2D eigenvalue weighted by Gasteiger charge is -2.19. The van der Waals surface area contributed by atoms with Crippen molar-refractivity contribution < 1.29 is 9.18 Å². The van der Waals surface area contributed by atoms with E-state index in [1.165, 1.54) is 6.07 Å². The molecule has 16 heavy (non-hydrogen) atoms. The number of halogens is 2. The Labute approximate surface area is 102 Å². The molecule has 0 aliphatic rings. The molecule has 0 heterocycles. The minimum atomic E-state index is -0.990. The number of benzene rings is 1. The predicted octanol–water partition coefficient (Wildman–Crippen LogP) is 2.57. The lowest BCUT2D eigenvalue weighted by atomic mass is 10.1. The lowest BCUT2D eigenvalue weighted by Crippen LogP contribution is -2.45. The van der Waals surface area contributed by atoms with Gasteiger partial charge in [0.25, 0.3) is 0 Å². The molecule has 0 saturated carbocycles. The number of anilines is 1. The van der Waals surface area contributed by atoms with Crippen LogP contribution in [0, 0.1) is 12.7 Å². The van der Waals surface area contributed by atoms with Gasteiger partial charge in [0.15, 0.2) is 0 Å². The summed E-state index contributed by atoms with van der Waals surface area (Å²) in [7, 11) is 0. The van der Waals surface area contributed by atoms with E-state index in [-0.39, 0.29) is 5.91 Å². The molecule has 0 radical (unpaired) electrons. The summed E-state index contributed by atoms with van der Waals surface area (Å²) in [6.45, 7) is 4.96. The van der Waals surface area contributed by atoms with E-state index in [1.807, 2.05) is 0 Å². The topological polar surface area (TPSA) is 55.1 Å². The van der Waals surface area contributed by atoms with Gasteiger partial charge in [-0.2, -0.15) is 0 Å². The first-order valence-corrected chi connectivity index (χ1v) is 5.57. The number of aryl methyl sites for hydroxylation is 1. The Kier molecular flexibility index (Phi) is 3.70. The van der Waals surface area contributed by atoms with Gasteiger partial charge in [0, 0.05) is 5.69 Å². The molecule has 0 spiro atoms. The average molecular weight is 289 g/mol. The largest absolute Gasteiger partial charge is 0.324 e. The molecule has 1 rings (SSSR count). The van der Waals surface area contributed by atoms with Crippen molar-refractivity contribution in [2.24, 2.45) is 5.73 Å². The first kappa shape index (κ1) is 13.1. The zero-order valence-electron chi connectivity index (χ0n) is 9.40. The van der Waals surface area contributed by atoms with E-state index in [0.717, 1.165) is 5.56 Å². The van der Waals surface area contributed by atoms with Gasteiger partial charge < -0.3 is 11.1 Å². The predicted molar refractivity (Wildman–Crippen MR) is 65.7 cm³/mol. The van der Waals surface area contributed by atoms with Gasteiger partial charge in [-0.05, 0) is 54.4 Å². The highest BCUT2D eigenvalue weighted by Gasteiger charge is 2.22. The maximum absolute atomic E-state index is 13.3. The second-order valence-electron chi connectivity index (χ2n) is 4.26. The van der Waals surface area contributed by atoms with Gasteiger partial charge in [-0.25, -0.2) is 4.39 Å². The third-order valence-electron chi connectivity index (χ3n) is 2.10. The number of rotatable bonds is 2. The molecule has 1 aromatic rings. The van der Waals surface area contributed by atoms with Crippen molar-refractivity contribution in [3.63, 3.8) is 0 Å². The van der Waals surface area contributed by atoms with Crippen LogP contribution in [-0.4, -0.2) is 11.4 Å². The molecule has 0 saturated heterocycles. The van der Waals surface area contributed by atoms with E-state index >= 15 is 0 Å². The van der Waals surface area contributed by atoms with Crippen LogP contribution in [0.3, 0.4) is 0 Å². The van der Waals surface area contributed by atoms with Crippen LogP contribution >= 0.6 is 15.9 Å². The van der Waals surface area contributed by atoms with Crippen LogP contribution in [-0.2, 0) is 4.79 Å². The molecular weight excluding hydrogens is 275 g/mol. The van der Waals surface area contributed by atoms with E-state index < -0.39 is 11.4 Å². The van der Waals surface area contributed by atoms with Gasteiger partial charge in [0.05, 0.1) is 10.0 Å². The van der Waals surface area contributed by atoms with Gasteiger partial charge >= 0.3 is 0 Å². The Morgan fingerprint density at radius 1 is 1.50 bits per heavy atom. The van der Waals surface area contributed by atoms with E-state index in [4.69, 9.17) is 5.73 Å². The van der Waals surface area contributed by atoms with Crippen molar-refractivity contribution in [2.75, 3.05) is 5.32 Å². The maximum atomic E-state index is 13.3. The molecule has 1 amide bonds. The fourth-order valence-corrected chi connectivity index (χ4v) is 1.52. The molecule has 0 unspecified atom stereocenters. The first-order valence-electron chi connectivity index (χ1n) is 4.78. The molecule has 3 N–H and O–H groups in total. The quantitative estimate of drug-likeness (QED) is 0.879. The SMILES string of the molecule is Cc1cc(Br)c(F)cc1NC(=O)C(C)(C)N. The summed E-state index contributed by atoms with van der Waals surface area (Å²) < 4.78 is 13.6. The van der Waals surface area contributed by atoms with Crippen LogP contribution < -0.4 is 11.1 Å². The molecule has 5 heteroatoms. The molecule has 0 aliphatic heterocycles. The average Bonchev–Trinajstić information content (AvgIpc) is 2.12. The summed E-state index contributed by atoms with van der Waals surface area (Å²) in [5.41, 5.74) is 5.84. The molecule has 1 aromatic carbocycles. The number of hydrogen-bond acceptors (Lipinski definition) is 2. The summed E-state index contributed by atoms with van der Waals surface area (Å²) in [4.78, 5) is 11.6. The summed E-state index contributed by atoms with van der Waals surface area (Å²) in [6, 6.07) is 2.87. The highest BCUT2D eigenvalue weighted by molar-refractivity contribution is 9.10. The Bertz CT molecular complexity index is 427. The zero-order chi connectivity index (χ0) is 12.5. The maximum Gasteiger partial charge on any atom is 0.243 e. The first-order chi connectivity index (χ1) is 7.21. The van der Waals surface area contributed by atoms with Gasteiger partial charge in [-0.15, -0.1) is 0 Å². The third kappa shape index (κ3) is 3.02. The van der Waals surface area contributed by atoms with Crippen LogP contribution in [0.15, 0.2) is 16.6 Å². The number of amides is 1. The van der Waals surface area contributed by atoms with Crippen LogP contribution in [0.1, 0.15) is 19.4 Å². The van der Waals surface area contributed by atoms with Crippen LogP contribution in [0.5, 0.6) is 0 Å². The Hall–Kier alpha value is -0.940. The molecule has 0 aromatic heterocycles. The van der Waals surface area contributed by atoms with E-state index in [2.05, 4.69) is 21.2 Å². The van der Waals surface area contributed by atoms with E-state index in [1.54, 1.807) is 26.8 Å². The number of hydrogen-bond donors (Lipinski definition) is 2. The Balaban J connectivity index is 2.99. The minimum Gasteiger partial charge on any atom is -0.324 e. The van der Waals surface area contributed by atoms with Crippen molar-refractivity contribution in [1.82, 2.24) is 0 Å². The second-order valence-corrected chi connectivity index (χ2v) is 5.11. The number of nitrogens with one attached hydrogen (secondary N) is 1. The third-order valence-corrected chi connectivity index (χ3v) is 2.71. The van der Waals surface area contributed by atoms with Crippen molar-refractivity contribution >= 4 is 27.5 Å². The summed E-state index contributed by atoms with van der Waals surface area (Å²) in [5.74, 6) is -0.770. The van der Waals surface area contributed by atoms with Crippen LogP contribution in [0.25, 0.3) is 0 Å². The minimum absolute atomic E-state index is 0.350. The monoisotopic (exact) mass is 288 g/mol. The smallest absolute Gasteiger partial charge is 0.243 e. The second kappa shape index (κ2) is 4.51. The highest BCUT2D eigenvalue weighted by Crippen LogP contribution is 2.24. The van der Waals surface area contributed by atoms with Crippen molar-refractivity contribution in [3.05, 3.63) is 28.0 Å². The zero-order valence-corrected chi connectivity index (χ0v) is 11.0. The molecule has 0 fully saturated rings. The lowest BCUT2D eigenvalue weighted by molar-refractivity contribution is -0.120. The van der Waals surface area contributed by atoms with Gasteiger partial charge in [0.1, 0.15) is 5.82 Å². The molecule has 3 nitrogen and oxygen atoms in total. The fraction of sp³-hybridized carbons (Fsp3) is 0.364. The Morgan fingerprint density at radius 2 is 2.06 bits per heavy atom. The van der Waals surface area contributed by atoms with Crippen LogP contribution in [0.2, 0.25) is 0 Å². The molecule has 0 atom stereocenters. The Morgan fingerprint density at radius 3 is 2.56 bits per heavy atom. The van der Waals surface area contributed by atoms with E-state index in [9.17, 15) is 9.18 Å². The van der Waals surface area contributed by atoms with Crippen molar-refractivity contribution in [1.29, 1.82) is 0 Å². The van der Waals surface area contributed by atoms with Gasteiger partial charge in [-0.3, -0.25) is 4.79 Å². The molecule has 0 bridgehead atoms. The number of carbonyl (C=O) groups is 1. The highest BCUT2D eigenvalue weighted by atomic mass is 79.9. The summed E-state index contributed by atoms with van der Waals surface area (Å²) in [5, 5.41) is 2.59. The van der Waals surface area contributed by atoms with Gasteiger partial charge in [-0.1, -0.05) is 0 Å².